The summed E-state index contributed by atoms with van der Waals surface area (Å²) in [4.78, 5) is 29.6. The van der Waals surface area contributed by atoms with Crippen molar-refractivity contribution in [1.82, 2.24) is 10.2 Å². The molecule has 4 aromatic carbocycles. The quantitative estimate of drug-likeness (QED) is 0.170. The van der Waals surface area contributed by atoms with Crippen LogP contribution in [0.5, 0.6) is 17.2 Å². The average Bonchev–Trinajstić information content (AvgIpc) is 3.09. The number of carbonyl (C=O) groups excluding carboxylic acids is 2. The summed E-state index contributed by atoms with van der Waals surface area (Å²) in [5.41, 5.74) is 2.90. The summed E-state index contributed by atoms with van der Waals surface area (Å²) in [5.74, 6) is 0.238. The van der Waals surface area contributed by atoms with Crippen molar-refractivity contribution in [2.75, 3.05) is 38.2 Å². The molecule has 0 aliphatic heterocycles. The number of hydrogen-bond donors (Lipinski definition) is 1. The molecule has 10 nitrogen and oxygen atoms in total. The van der Waals surface area contributed by atoms with Crippen LogP contribution < -0.4 is 23.8 Å². The Morgan fingerprint density at radius 2 is 1.50 bits per heavy atom. The van der Waals surface area contributed by atoms with Gasteiger partial charge in [0, 0.05) is 25.6 Å². The minimum absolute atomic E-state index is 0.0860. The summed E-state index contributed by atoms with van der Waals surface area (Å²) in [6.45, 7) is 5.91. The van der Waals surface area contributed by atoms with Gasteiger partial charge in [0.15, 0.2) is 11.5 Å². The van der Waals surface area contributed by atoms with Crippen LogP contribution in [0.15, 0.2) is 102 Å². The van der Waals surface area contributed by atoms with Crippen LogP contribution in [0.1, 0.15) is 30.5 Å². The van der Waals surface area contributed by atoms with Crippen LogP contribution in [-0.4, -0.2) is 65.1 Å². The molecule has 0 aliphatic carbocycles. The molecule has 0 aliphatic rings. The first-order valence-corrected chi connectivity index (χ1v) is 17.2. The van der Waals surface area contributed by atoms with Crippen LogP contribution >= 0.6 is 0 Å². The van der Waals surface area contributed by atoms with Gasteiger partial charge in [-0.2, -0.15) is 0 Å². The highest BCUT2D eigenvalue weighted by atomic mass is 32.2. The molecule has 4 aromatic rings. The number of hydrogen-bond acceptors (Lipinski definition) is 7. The van der Waals surface area contributed by atoms with Crippen LogP contribution in [0.25, 0.3) is 0 Å². The third-order valence-electron chi connectivity index (χ3n) is 7.72. The number of nitrogens with one attached hydrogen (secondary N) is 1. The fourth-order valence-corrected chi connectivity index (χ4v) is 6.79. The minimum Gasteiger partial charge on any atom is -0.494 e. The zero-order valence-electron chi connectivity index (χ0n) is 28.0. The molecule has 0 spiro atoms. The maximum atomic E-state index is 14.6. The SMILES string of the molecule is CCNC(=O)[C@H](Cc1ccccc1)N(Cc1cccc(C)c1)C(=O)CN(c1ccc(OCC)cc1)S(=O)(=O)c1ccc(OC)c(OC)c1. The maximum Gasteiger partial charge on any atom is 0.264 e. The summed E-state index contributed by atoms with van der Waals surface area (Å²) >= 11 is 0. The lowest BCUT2D eigenvalue weighted by molar-refractivity contribution is -0.140. The highest BCUT2D eigenvalue weighted by Gasteiger charge is 2.35. The number of rotatable bonds is 16. The van der Waals surface area contributed by atoms with E-state index in [0.717, 1.165) is 21.0 Å². The van der Waals surface area contributed by atoms with E-state index in [1.54, 1.807) is 24.3 Å². The topological polar surface area (TPSA) is 114 Å². The van der Waals surface area contributed by atoms with Gasteiger partial charge in [-0.25, -0.2) is 8.42 Å². The number of amides is 2. The molecule has 0 radical (unpaired) electrons. The monoisotopic (exact) mass is 673 g/mol. The zero-order chi connectivity index (χ0) is 34.7. The number of aryl methyl sites for hydroxylation is 1. The van der Waals surface area contributed by atoms with Crippen LogP contribution in [0.3, 0.4) is 0 Å². The second-order valence-electron chi connectivity index (χ2n) is 11.1. The molecular formula is C37H43N3O7S. The third-order valence-corrected chi connectivity index (χ3v) is 9.48. The smallest absolute Gasteiger partial charge is 0.264 e. The molecule has 0 bridgehead atoms. The van der Waals surface area contributed by atoms with Crippen LogP contribution in [0.4, 0.5) is 5.69 Å². The number of benzene rings is 4. The van der Waals surface area contributed by atoms with Gasteiger partial charge >= 0.3 is 0 Å². The number of ether oxygens (including phenoxy) is 3. The number of likely N-dealkylation sites (N-methyl/N-ethyl adjacent to an activating group) is 1. The van der Waals surface area contributed by atoms with Crippen molar-refractivity contribution in [1.29, 1.82) is 0 Å². The lowest BCUT2D eigenvalue weighted by atomic mass is 10.0. The molecule has 1 atom stereocenters. The molecule has 4 rings (SSSR count). The molecule has 2 amide bonds. The Labute approximate surface area is 283 Å². The van der Waals surface area contributed by atoms with Gasteiger partial charge in [-0.05, 0) is 68.3 Å². The Bertz CT molecular complexity index is 1780. The molecule has 48 heavy (non-hydrogen) atoms. The van der Waals surface area contributed by atoms with Crippen molar-refractivity contribution >= 4 is 27.5 Å². The van der Waals surface area contributed by atoms with E-state index in [1.165, 1.54) is 37.3 Å². The molecule has 0 heterocycles. The first kappa shape index (κ1) is 35.8. The number of nitrogens with zero attached hydrogens (tertiary/aromatic N) is 2. The predicted molar refractivity (Wildman–Crippen MR) is 186 cm³/mol. The van der Waals surface area contributed by atoms with Crippen molar-refractivity contribution in [3.63, 3.8) is 0 Å². The number of anilines is 1. The molecule has 254 valence electrons. The predicted octanol–water partition coefficient (Wildman–Crippen LogP) is 5.38. The fourth-order valence-electron chi connectivity index (χ4n) is 5.36. The van der Waals surface area contributed by atoms with Gasteiger partial charge < -0.3 is 24.4 Å². The normalized spacial score (nSPS) is 11.7. The van der Waals surface area contributed by atoms with E-state index < -0.39 is 28.5 Å². The van der Waals surface area contributed by atoms with Gasteiger partial charge in [0.2, 0.25) is 11.8 Å². The van der Waals surface area contributed by atoms with Gasteiger partial charge in [-0.3, -0.25) is 13.9 Å². The first-order chi connectivity index (χ1) is 23.1. The van der Waals surface area contributed by atoms with E-state index in [-0.39, 0.29) is 35.2 Å². The van der Waals surface area contributed by atoms with E-state index in [9.17, 15) is 18.0 Å². The van der Waals surface area contributed by atoms with Crippen LogP contribution in [0, 0.1) is 6.92 Å². The fraction of sp³-hybridized carbons (Fsp3) is 0.297. The Kier molecular flexibility index (Phi) is 12.5. The lowest BCUT2D eigenvalue weighted by Gasteiger charge is -2.34. The third kappa shape index (κ3) is 8.86. The van der Waals surface area contributed by atoms with Crippen molar-refractivity contribution in [3.05, 3.63) is 114 Å². The highest BCUT2D eigenvalue weighted by molar-refractivity contribution is 7.92. The van der Waals surface area contributed by atoms with E-state index in [4.69, 9.17) is 14.2 Å². The van der Waals surface area contributed by atoms with Crippen molar-refractivity contribution in [2.45, 2.75) is 44.7 Å². The lowest BCUT2D eigenvalue weighted by Crippen LogP contribution is -2.53. The second-order valence-corrected chi connectivity index (χ2v) is 12.9. The van der Waals surface area contributed by atoms with Gasteiger partial charge in [-0.1, -0.05) is 60.2 Å². The Morgan fingerprint density at radius 3 is 2.12 bits per heavy atom. The van der Waals surface area contributed by atoms with Crippen molar-refractivity contribution < 1.29 is 32.2 Å². The van der Waals surface area contributed by atoms with E-state index in [2.05, 4.69) is 5.32 Å². The molecule has 11 heteroatoms. The van der Waals surface area contributed by atoms with Gasteiger partial charge in [0.25, 0.3) is 10.0 Å². The Balaban J connectivity index is 1.82. The molecule has 0 saturated heterocycles. The van der Waals surface area contributed by atoms with E-state index in [0.29, 0.717) is 24.7 Å². The second kappa shape index (κ2) is 16.7. The van der Waals surface area contributed by atoms with Crippen molar-refractivity contribution in [2.24, 2.45) is 0 Å². The standard InChI is InChI=1S/C37H43N3O7S/c1-6-38-37(42)33(23-28-13-9-8-10-14-28)39(25-29-15-11-12-27(3)22-29)36(41)26-40(30-16-18-31(19-17-30)47-7-2)48(43,44)32-20-21-34(45-4)35(24-32)46-5/h8-22,24,33H,6-7,23,25-26H2,1-5H3,(H,38,42)/t33-/m0/s1. The largest absolute Gasteiger partial charge is 0.494 e. The van der Waals surface area contributed by atoms with Gasteiger partial charge in [0.05, 0.1) is 31.4 Å². The highest BCUT2D eigenvalue weighted by Crippen LogP contribution is 2.33. The summed E-state index contributed by atoms with van der Waals surface area (Å²) < 4.78 is 46.2. The zero-order valence-corrected chi connectivity index (χ0v) is 28.8. The molecule has 1 N–H and O–H groups in total. The molecule has 0 aromatic heterocycles. The minimum atomic E-state index is -4.35. The van der Waals surface area contributed by atoms with Gasteiger partial charge in [-0.15, -0.1) is 0 Å². The average molecular weight is 674 g/mol. The van der Waals surface area contributed by atoms with Crippen LogP contribution in [-0.2, 0) is 32.6 Å². The first-order valence-electron chi connectivity index (χ1n) is 15.8. The Hall–Kier alpha value is -5.03. The molecule has 0 unspecified atom stereocenters. The summed E-state index contributed by atoms with van der Waals surface area (Å²) in [5, 5.41) is 2.88. The number of methoxy groups -OCH3 is 2. The summed E-state index contributed by atoms with van der Waals surface area (Å²) in [6.07, 6.45) is 0.232. The number of sulfonamides is 1. The molecule has 0 saturated carbocycles. The van der Waals surface area contributed by atoms with Gasteiger partial charge in [0.1, 0.15) is 18.3 Å². The molecule has 0 fully saturated rings. The van der Waals surface area contributed by atoms with E-state index in [1.807, 2.05) is 75.4 Å². The number of carbonyl (C=O) groups is 2. The summed E-state index contributed by atoms with van der Waals surface area (Å²) in [7, 11) is -1.48. The van der Waals surface area contributed by atoms with Crippen molar-refractivity contribution in [3.8, 4) is 17.2 Å². The summed E-state index contributed by atoms with van der Waals surface area (Å²) in [6, 6.07) is 26.9. The van der Waals surface area contributed by atoms with E-state index >= 15 is 0 Å². The van der Waals surface area contributed by atoms with Crippen LogP contribution in [0.2, 0.25) is 0 Å². The Morgan fingerprint density at radius 1 is 0.812 bits per heavy atom. The maximum absolute atomic E-state index is 14.6. The molecular weight excluding hydrogens is 630 g/mol.